The molecule has 0 saturated carbocycles. The van der Waals surface area contributed by atoms with Gasteiger partial charge in [-0.25, -0.2) is 0 Å². The molecule has 31 heavy (non-hydrogen) atoms. The summed E-state index contributed by atoms with van der Waals surface area (Å²) >= 11 is 0. The number of pyridine rings is 2. The number of carbonyl (C=O) groups excluding carboxylic acids is 2. The number of phenols is 2. The van der Waals surface area contributed by atoms with E-state index in [1.807, 2.05) is 24.3 Å². The number of nitrogens with zero attached hydrogens (tertiary/aromatic N) is 2. The van der Waals surface area contributed by atoms with Crippen LogP contribution < -0.4 is 0 Å². The third kappa shape index (κ3) is 13.1. The van der Waals surface area contributed by atoms with Crippen LogP contribution >= 0.6 is 0 Å². The molecule has 0 saturated heterocycles. The second kappa shape index (κ2) is 18.2. The van der Waals surface area contributed by atoms with Crippen LogP contribution in [0.5, 0.6) is 11.5 Å². The molecule has 0 amide bonds. The first-order valence-electron chi connectivity index (χ1n) is 8.69. The first-order chi connectivity index (χ1) is 14.7. The van der Waals surface area contributed by atoms with Gasteiger partial charge in [-0.3, -0.25) is 9.59 Å². The molecule has 2 aromatic carbocycles. The Labute approximate surface area is 191 Å². The SMILES string of the molecule is O=Cc1ccccc1O.O=Cc1ccccc1O.[Cu+2].[c-]1ccccn1.[c-]1ccccn1. The Hall–Kier alpha value is -3.80. The van der Waals surface area contributed by atoms with Crippen molar-refractivity contribution in [1.82, 2.24) is 9.97 Å². The molecular formula is C24H20CuN2O4. The van der Waals surface area contributed by atoms with Crippen molar-refractivity contribution in [2.75, 3.05) is 0 Å². The van der Waals surface area contributed by atoms with E-state index in [1.165, 1.54) is 12.1 Å². The predicted molar refractivity (Wildman–Crippen MR) is 113 cm³/mol. The largest absolute Gasteiger partial charge is 2.00 e. The zero-order chi connectivity index (χ0) is 21.9. The molecule has 0 bridgehead atoms. The smallest absolute Gasteiger partial charge is 0.507 e. The molecule has 161 valence electrons. The van der Waals surface area contributed by atoms with E-state index in [2.05, 4.69) is 22.4 Å². The van der Waals surface area contributed by atoms with Crippen LogP contribution in [-0.4, -0.2) is 32.8 Å². The Bertz CT molecular complexity index is 837. The van der Waals surface area contributed by atoms with E-state index in [1.54, 1.807) is 60.9 Å². The minimum absolute atomic E-state index is 0. The summed E-state index contributed by atoms with van der Waals surface area (Å²) in [6.07, 6.45) is 9.91. The van der Waals surface area contributed by atoms with Crippen molar-refractivity contribution in [3.63, 3.8) is 0 Å². The molecule has 0 fully saturated rings. The normalized spacial score (nSPS) is 8.26. The van der Waals surface area contributed by atoms with Crippen LogP contribution in [0.15, 0.2) is 97.3 Å². The quantitative estimate of drug-likeness (QED) is 0.263. The Morgan fingerprint density at radius 2 is 1.00 bits per heavy atom. The molecule has 2 heterocycles. The molecular weight excluding hydrogens is 444 g/mol. The Kier molecular flexibility index (Phi) is 16.0. The molecule has 0 aliphatic carbocycles. The van der Waals surface area contributed by atoms with Crippen LogP contribution in [0, 0.1) is 12.4 Å². The molecule has 0 unspecified atom stereocenters. The van der Waals surface area contributed by atoms with Crippen LogP contribution in [0.1, 0.15) is 20.7 Å². The van der Waals surface area contributed by atoms with Crippen molar-refractivity contribution < 1.29 is 36.9 Å². The van der Waals surface area contributed by atoms with Gasteiger partial charge in [-0.15, -0.1) is 0 Å². The van der Waals surface area contributed by atoms with Crippen molar-refractivity contribution >= 4 is 12.6 Å². The topological polar surface area (TPSA) is 100 Å². The van der Waals surface area contributed by atoms with Gasteiger partial charge in [-0.05, 0) is 24.3 Å². The summed E-state index contributed by atoms with van der Waals surface area (Å²) in [5.74, 6) is 0.0694. The number of benzene rings is 2. The number of aldehydes is 2. The number of para-hydroxylation sites is 2. The first kappa shape index (κ1) is 27.2. The molecule has 2 aromatic heterocycles. The number of rotatable bonds is 2. The van der Waals surface area contributed by atoms with Crippen molar-refractivity contribution in [2.45, 2.75) is 0 Å². The fraction of sp³-hybridized carbons (Fsp3) is 0. The number of hydrogen-bond acceptors (Lipinski definition) is 6. The number of aromatic nitrogens is 2. The molecule has 6 nitrogen and oxygen atoms in total. The summed E-state index contributed by atoms with van der Waals surface area (Å²) in [5.41, 5.74) is 0.662. The van der Waals surface area contributed by atoms with Crippen LogP contribution in [0.25, 0.3) is 0 Å². The fourth-order valence-electron chi connectivity index (χ4n) is 1.73. The van der Waals surface area contributed by atoms with Crippen LogP contribution in [0.4, 0.5) is 0 Å². The molecule has 2 N–H and O–H groups in total. The van der Waals surface area contributed by atoms with E-state index in [9.17, 15) is 9.59 Å². The first-order valence-corrected chi connectivity index (χ1v) is 8.69. The maximum atomic E-state index is 10.1. The van der Waals surface area contributed by atoms with Crippen LogP contribution in [0.2, 0.25) is 0 Å². The summed E-state index contributed by atoms with van der Waals surface area (Å²) in [4.78, 5) is 27.5. The number of hydrogen-bond donors (Lipinski definition) is 2. The number of aromatic hydroxyl groups is 2. The van der Waals surface area contributed by atoms with E-state index < -0.39 is 0 Å². The van der Waals surface area contributed by atoms with Crippen molar-refractivity contribution in [2.24, 2.45) is 0 Å². The summed E-state index contributed by atoms with van der Waals surface area (Å²) < 4.78 is 0. The average Bonchev–Trinajstić information content (AvgIpc) is 2.83. The van der Waals surface area contributed by atoms with E-state index in [4.69, 9.17) is 10.2 Å². The number of phenolic OH excluding ortho intramolecular Hbond substituents is 2. The van der Waals surface area contributed by atoms with E-state index in [0.717, 1.165) is 0 Å². The molecule has 4 rings (SSSR count). The summed E-state index contributed by atoms with van der Waals surface area (Å²) in [6.45, 7) is 0. The van der Waals surface area contributed by atoms with Crippen molar-refractivity contribution in [3.8, 4) is 11.5 Å². The van der Waals surface area contributed by atoms with Gasteiger partial charge in [-0.2, -0.15) is 36.4 Å². The van der Waals surface area contributed by atoms with E-state index in [-0.39, 0.29) is 28.6 Å². The average molecular weight is 464 g/mol. The minimum Gasteiger partial charge on any atom is -0.507 e. The molecule has 0 aliphatic rings. The summed E-state index contributed by atoms with van der Waals surface area (Å²) in [5, 5.41) is 17.8. The van der Waals surface area contributed by atoms with Gasteiger partial charge in [0, 0.05) is 0 Å². The maximum Gasteiger partial charge on any atom is 2.00 e. The molecule has 0 spiro atoms. The van der Waals surface area contributed by atoms with Gasteiger partial charge in [-0.1, -0.05) is 49.1 Å². The number of carbonyl (C=O) groups is 2. The van der Waals surface area contributed by atoms with Gasteiger partial charge >= 0.3 is 17.1 Å². The Morgan fingerprint density at radius 3 is 1.16 bits per heavy atom. The Balaban J connectivity index is 0.000000389. The second-order valence-electron chi connectivity index (χ2n) is 5.27. The van der Waals surface area contributed by atoms with Crippen molar-refractivity contribution in [1.29, 1.82) is 0 Å². The van der Waals surface area contributed by atoms with Crippen molar-refractivity contribution in [3.05, 3.63) is 121 Å². The summed E-state index contributed by atoms with van der Waals surface area (Å²) in [6, 6.07) is 23.8. The molecule has 7 heteroatoms. The maximum absolute atomic E-state index is 10.1. The predicted octanol–water partition coefficient (Wildman–Crippen LogP) is 4.17. The van der Waals surface area contributed by atoms with Gasteiger partial charge in [0.25, 0.3) is 0 Å². The van der Waals surface area contributed by atoms with E-state index >= 15 is 0 Å². The van der Waals surface area contributed by atoms with Gasteiger partial charge in [0.1, 0.15) is 11.5 Å². The third-order valence-corrected chi connectivity index (χ3v) is 3.16. The van der Waals surface area contributed by atoms with E-state index in [0.29, 0.717) is 23.7 Å². The monoisotopic (exact) mass is 463 g/mol. The second-order valence-corrected chi connectivity index (χ2v) is 5.27. The van der Waals surface area contributed by atoms with Crippen LogP contribution in [-0.2, 0) is 17.1 Å². The van der Waals surface area contributed by atoms with Gasteiger partial charge in [0.2, 0.25) is 0 Å². The third-order valence-electron chi connectivity index (χ3n) is 3.16. The zero-order valence-corrected chi connectivity index (χ0v) is 17.2. The van der Waals surface area contributed by atoms with Crippen LogP contribution in [0.3, 0.4) is 0 Å². The molecule has 1 radical (unpaired) electrons. The minimum atomic E-state index is 0. The van der Waals surface area contributed by atoms with Gasteiger partial charge in [0.05, 0.1) is 11.1 Å². The summed E-state index contributed by atoms with van der Waals surface area (Å²) in [7, 11) is 0. The van der Waals surface area contributed by atoms with Gasteiger partial charge < -0.3 is 20.2 Å². The molecule has 4 aromatic rings. The molecule has 0 atom stereocenters. The fourth-order valence-corrected chi connectivity index (χ4v) is 1.73. The standard InChI is InChI=1S/2C7H6O2.2C5H4N.Cu/c2*8-5-6-3-1-2-4-7(6)9;2*1-2-4-6-5-3-1;/h2*1-5,9H;2*1-4H;/q;;2*-1;+2. The zero-order valence-electron chi connectivity index (χ0n) is 16.3. The van der Waals surface area contributed by atoms with Gasteiger partial charge in [0.15, 0.2) is 12.6 Å². The Morgan fingerprint density at radius 1 is 0.613 bits per heavy atom. The molecule has 0 aliphatic heterocycles.